The summed E-state index contributed by atoms with van der Waals surface area (Å²) < 4.78 is 12.8. The third-order valence-electron chi connectivity index (χ3n) is 14.8. The fraction of sp³-hybridized carbons (Fsp3) is 0.0606. The first-order valence-corrected chi connectivity index (χ1v) is 24.8. The molecule has 0 radical (unpaired) electrons. The fourth-order valence-electron chi connectivity index (χ4n) is 11.2. The van der Waals surface area contributed by atoms with Gasteiger partial charge in [-0.15, -0.1) is 0 Å². The van der Waals surface area contributed by atoms with Crippen molar-refractivity contribution in [2.24, 2.45) is 0 Å². The number of hydrogen-bond acceptors (Lipinski definition) is 5. The molecule has 0 aliphatic carbocycles. The molecule has 2 aliphatic heterocycles. The van der Waals surface area contributed by atoms with Gasteiger partial charge in [0.25, 0.3) is 6.71 Å². The predicted molar refractivity (Wildman–Crippen MR) is 302 cm³/mol. The van der Waals surface area contributed by atoms with Gasteiger partial charge in [0.15, 0.2) is 0 Å². The molecular weight excluding hydrogens is 878 g/mol. The highest BCUT2D eigenvalue weighted by Crippen LogP contribution is 2.49. The van der Waals surface area contributed by atoms with Crippen molar-refractivity contribution in [1.82, 2.24) is 0 Å². The van der Waals surface area contributed by atoms with E-state index in [-0.39, 0.29) is 12.1 Å². The van der Waals surface area contributed by atoms with E-state index in [1.807, 2.05) is 24.3 Å². The maximum atomic E-state index is 6.39. The molecular formula is C66H48BN3O2. The second kappa shape index (κ2) is 16.3. The Balaban J connectivity index is 1.02. The molecule has 2 aliphatic rings. The molecule has 72 heavy (non-hydrogen) atoms. The van der Waals surface area contributed by atoms with Crippen molar-refractivity contribution in [3.8, 4) is 22.6 Å². The van der Waals surface area contributed by atoms with E-state index in [2.05, 4.69) is 248 Å². The normalized spacial score (nSPS) is 12.8. The summed E-state index contributed by atoms with van der Waals surface area (Å²) in [5.74, 6) is 1.70. The number of nitrogens with zero attached hydrogens (tertiary/aromatic N) is 3. The lowest BCUT2D eigenvalue weighted by Gasteiger charge is -2.45. The van der Waals surface area contributed by atoms with Gasteiger partial charge in [-0.05, 0) is 159 Å². The lowest BCUT2D eigenvalue weighted by molar-refractivity contribution is 0.590. The largest absolute Gasteiger partial charge is 0.456 e. The van der Waals surface area contributed by atoms with Crippen LogP contribution < -0.4 is 31.1 Å². The van der Waals surface area contributed by atoms with Gasteiger partial charge in [-0.2, -0.15) is 0 Å². The average molecular weight is 926 g/mol. The minimum Gasteiger partial charge on any atom is -0.456 e. The van der Waals surface area contributed by atoms with E-state index in [9.17, 15) is 0 Å². The van der Waals surface area contributed by atoms with Crippen LogP contribution in [0.3, 0.4) is 0 Å². The van der Waals surface area contributed by atoms with E-state index in [1.165, 1.54) is 32.7 Å². The second-order valence-electron chi connectivity index (χ2n) is 20.2. The molecule has 0 saturated heterocycles. The second-order valence-corrected chi connectivity index (χ2v) is 20.2. The van der Waals surface area contributed by atoms with Gasteiger partial charge in [0, 0.05) is 67.4 Å². The van der Waals surface area contributed by atoms with Crippen molar-refractivity contribution in [2.75, 3.05) is 14.7 Å². The molecule has 0 N–H and O–H groups in total. The van der Waals surface area contributed by atoms with Crippen LogP contribution in [0.4, 0.5) is 51.2 Å². The average Bonchev–Trinajstić information content (AvgIpc) is 4.07. The standard InChI is InChI=1S/C66H48BN3O2/c1-66(2,3)49-29-36-50(37-30-49)68(53-35-24-43-14-4-5-15-46(43)38-53)54-41-59-65-60(42-54)70(52-33-27-45(28-34-52)64-40-48-17-7-13-23-62(48)72-64)58-21-11-9-19-56(58)67(65)55-18-8-10-20-57(55)69(59)51-31-25-44(26-32-51)63-39-47-16-6-12-22-61(47)71-63/h4-42H,1-3H3. The first-order chi connectivity index (χ1) is 35.3. The zero-order valence-electron chi connectivity index (χ0n) is 40.3. The van der Waals surface area contributed by atoms with Gasteiger partial charge in [0.1, 0.15) is 22.7 Å². The maximum absolute atomic E-state index is 6.39. The molecule has 0 amide bonds. The predicted octanol–water partition coefficient (Wildman–Crippen LogP) is 16.5. The lowest BCUT2D eigenvalue weighted by atomic mass is 9.33. The van der Waals surface area contributed by atoms with Crippen molar-refractivity contribution in [1.29, 1.82) is 0 Å². The Morgan fingerprint density at radius 3 is 1.35 bits per heavy atom. The summed E-state index contributed by atoms with van der Waals surface area (Å²) in [7, 11) is 0. The number of para-hydroxylation sites is 4. The van der Waals surface area contributed by atoms with E-state index in [0.29, 0.717) is 0 Å². The molecule has 12 aromatic rings. The van der Waals surface area contributed by atoms with E-state index < -0.39 is 0 Å². The summed E-state index contributed by atoms with van der Waals surface area (Å²) in [5.41, 5.74) is 18.8. The quantitative estimate of drug-likeness (QED) is 0.149. The summed E-state index contributed by atoms with van der Waals surface area (Å²) in [4.78, 5) is 7.40. The maximum Gasteiger partial charge on any atom is 0.252 e. The lowest BCUT2D eigenvalue weighted by Crippen LogP contribution is -2.61. The summed E-state index contributed by atoms with van der Waals surface area (Å²) in [6, 6.07) is 85.9. The van der Waals surface area contributed by atoms with Crippen molar-refractivity contribution in [2.45, 2.75) is 26.2 Å². The van der Waals surface area contributed by atoms with Crippen molar-refractivity contribution >= 4 is 107 Å². The van der Waals surface area contributed by atoms with E-state index >= 15 is 0 Å². The molecule has 0 bridgehead atoms. The Morgan fingerprint density at radius 1 is 0.375 bits per heavy atom. The Kier molecular flexibility index (Phi) is 9.49. The smallest absolute Gasteiger partial charge is 0.252 e. The van der Waals surface area contributed by atoms with Crippen LogP contribution in [0.25, 0.3) is 55.4 Å². The molecule has 0 atom stereocenters. The van der Waals surface area contributed by atoms with Crippen LogP contribution in [-0.2, 0) is 5.41 Å². The van der Waals surface area contributed by atoms with Gasteiger partial charge in [-0.1, -0.05) is 136 Å². The van der Waals surface area contributed by atoms with Gasteiger partial charge in [0.05, 0.1) is 5.69 Å². The van der Waals surface area contributed by atoms with Crippen LogP contribution in [0, 0.1) is 0 Å². The van der Waals surface area contributed by atoms with Crippen LogP contribution >= 0.6 is 0 Å². The van der Waals surface area contributed by atoms with Gasteiger partial charge in [-0.25, -0.2) is 0 Å². The highest BCUT2D eigenvalue weighted by atomic mass is 16.3. The third-order valence-corrected chi connectivity index (χ3v) is 14.8. The minimum atomic E-state index is -0.0335. The Labute approximate surface area is 419 Å². The fourth-order valence-corrected chi connectivity index (χ4v) is 11.2. The zero-order valence-corrected chi connectivity index (χ0v) is 40.3. The highest BCUT2D eigenvalue weighted by molar-refractivity contribution is 7.00. The molecule has 0 saturated carbocycles. The van der Waals surface area contributed by atoms with Gasteiger partial charge in [0.2, 0.25) is 0 Å². The topological polar surface area (TPSA) is 36.0 Å². The molecule has 0 spiro atoms. The molecule has 0 unspecified atom stereocenters. The molecule has 6 heteroatoms. The SMILES string of the molecule is CC(C)(C)c1ccc(N(c2cc3c4c(c2)N(c2ccc(-c5cc6ccccc6o5)cc2)c2ccccc2B4c2ccccc2N3c2ccc(-c3cc4ccccc4o3)cc2)c2ccc3ccccc3c2)cc1. The monoisotopic (exact) mass is 925 g/mol. The Hall–Kier alpha value is -9.00. The number of rotatable bonds is 7. The van der Waals surface area contributed by atoms with Crippen LogP contribution in [0.15, 0.2) is 245 Å². The van der Waals surface area contributed by atoms with E-state index in [1.54, 1.807) is 0 Å². The highest BCUT2D eigenvalue weighted by Gasteiger charge is 2.44. The van der Waals surface area contributed by atoms with Gasteiger partial charge in [-0.3, -0.25) is 0 Å². The molecule has 342 valence electrons. The zero-order chi connectivity index (χ0) is 48.1. The van der Waals surface area contributed by atoms with Gasteiger partial charge < -0.3 is 23.5 Å². The minimum absolute atomic E-state index is 0.000980. The Morgan fingerprint density at radius 2 is 0.833 bits per heavy atom. The first-order valence-electron chi connectivity index (χ1n) is 24.8. The molecule has 14 rings (SSSR count). The van der Waals surface area contributed by atoms with Crippen LogP contribution in [-0.4, -0.2) is 6.71 Å². The first kappa shape index (κ1) is 41.9. The van der Waals surface area contributed by atoms with Crippen molar-refractivity contribution in [3.05, 3.63) is 242 Å². The van der Waals surface area contributed by atoms with E-state index in [4.69, 9.17) is 8.83 Å². The van der Waals surface area contributed by atoms with Gasteiger partial charge >= 0.3 is 0 Å². The number of hydrogen-bond donors (Lipinski definition) is 0. The number of furan rings is 2. The summed E-state index contributed by atoms with van der Waals surface area (Å²) in [6.07, 6.45) is 0. The molecule has 2 aromatic heterocycles. The molecule has 4 heterocycles. The molecule has 0 fully saturated rings. The number of anilines is 9. The third kappa shape index (κ3) is 6.86. The van der Waals surface area contributed by atoms with Crippen LogP contribution in [0.1, 0.15) is 26.3 Å². The summed E-state index contributed by atoms with van der Waals surface area (Å²) >= 11 is 0. The number of benzene rings is 10. The summed E-state index contributed by atoms with van der Waals surface area (Å²) in [5, 5.41) is 4.57. The Bertz CT molecular complexity index is 3800. The van der Waals surface area contributed by atoms with Crippen molar-refractivity contribution in [3.63, 3.8) is 0 Å². The molecule has 10 aromatic carbocycles. The van der Waals surface area contributed by atoms with Crippen LogP contribution in [0.2, 0.25) is 0 Å². The van der Waals surface area contributed by atoms with Crippen molar-refractivity contribution < 1.29 is 8.83 Å². The van der Waals surface area contributed by atoms with E-state index in [0.717, 1.165) is 95.8 Å². The summed E-state index contributed by atoms with van der Waals surface area (Å²) in [6.45, 7) is 6.80. The molecule has 5 nitrogen and oxygen atoms in total. The van der Waals surface area contributed by atoms with Crippen LogP contribution in [0.5, 0.6) is 0 Å². The number of fused-ring (bicyclic) bond motifs is 7.